The number of ether oxygens (including phenoxy) is 2. The summed E-state index contributed by atoms with van der Waals surface area (Å²) in [6.45, 7) is 4.60. The molecule has 0 unspecified atom stereocenters. The summed E-state index contributed by atoms with van der Waals surface area (Å²) in [5, 5.41) is 2.87. The first-order valence-corrected chi connectivity index (χ1v) is 8.58. The Morgan fingerprint density at radius 3 is 2.73 bits per heavy atom. The summed E-state index contributed by atoms with van der Waals surface area (Å²) < 4.78 is 11.1. The molecule has 2 aromatic rings. The van der Waals surface area contributed by atoms with Gasteiger partial charge in [0.25, 0.3) is 0 Å². The van der Waals surface area contributed by atoms with E-state index in [0.717, 1.165) is 34.2 Å². The van der Waals surface area contributed by atoms with Crippen molar-refractivity contribution < 1.29 is 14.3 Å². The van der Waals surface area contributed by atoms with Gasteiger partial charge in [0.2, 0.25) is 5.91 Å². The summed E-state index contributed by atoms with van der Waals surface area (Å²) in [7, 11) is 1.65. The summed E-state index contributed by atoms with van der Waals surface area (Å²) in [4.78, 5) is 18.4. The van der Waals surface area contributed by atoms with Crippen LogP contribution in [0.3, 0.4) is 0 Å². The number of amides is 1. The summed E-state index contributed by atoms with van der Waals surface area (Å²) in [6, 6.07) is 13.5. The molecule has 1 amide bonds. The minimum Gasteiger partial charge on any atom is -0.497 e. The summed E-state index contributed by atoms with van der Waals surface area (Å²) >= 11 is 0. The van der Waals surface area contributed by atoms with E-state index in [0.29, 0.717) is 19.8 Å². The van der Waals surface area contributed by atoms with E-state index < -0.39 is 0 Å². The van der Waals surface area contributed by atoms with Crippen molar-refractivity contribution in [2.24, 2.45) is 4.99 Å². The standard InChI is InChI=1S/C20H23N3O3/c1-4-20(24)22-16-5-10-19-15(11-16)12-26-13-23(14(2)21-19)17-6-8-18(25-3)9-7-17/h5-11H,4,12-13H2,1-3H3,(H,22,24). The number of carbonyl (C=O) groups is 1. The normalized spacial score (nSPS) is 14.0. The second kappa shape index (κ2) is 8.01. The number of fused-ring (bicyclic) bond motifs is 1. The Bertz CT molecular complexity index is 816. The molecule has 2 aromatic carbocycles. The highest BCUT2D eigenvalue weighted by molar-refractivity contribution is 5.98. The molecular formula is C20H23N3O3. The van der Waals surface area contributed by atoms with E-state index >= 15 is 0 Å². The molecule has 0 saturated heterocycles. The van der Waals surface area contributed by atoms with Crippen LogP contribution in [0.1, 0.15) is 25.8 Å². The van der Waals surface area contributed by atoms with Crippen molar-refractivity contribution in [1.29, 1.82) is 0 Å². The first-order valence-electron chi connectivity index (χ1n) is 8.58. The van der Waals surface area contributed by atoms with Gasteiger partial charge in [0, 0.05) is 23.4 Å². The lowest BCUT2D eigenvalue weighted by molar-refractivity contribution is -0.115. The lowest BCUT2D eigenvalue weighted by Crippen LogP contribution is -2.32. The van der Waals surface area contributed by atoms with E-state index in [1.54, 1.807) is 7.11 Å². The van der Waals surface area contributed by atoms with Crippen LogP contribution in [-0.2, 0) is 16.1 Å². The number of amidine groups is 1. The van der Waals surface area contributed by atoms with Crippen LogP contribution < -0.4 is 15.0 Å². The van der Waals surface area contributed by atoms with Crippen LogP contribution in [-0.4, -0.2) is 25.6 Å². The van der Waals surface area contributed by atoms with Gasteiger partial charge in [0.15, 0.2) is 0 Å². The Kier molecular flexibility index (Phi) is 5.53. The molecule has 1 heterocycles. The zero-order valence-electron chi connectivity index (χ0n) is 15.3. The lowest BCUT2D eigenvalue weighted by Gasteiger charge is -2.27. The molecule has 0 spiro atoms. The summed E-state index contributed by atoms with van der Waals surface area (Å²) in [5.41, 5.74) is 3.55. The second-order valence-electron chi connectivity index (χ2n) is 6.01. The Morgan fingerprint density at radius 1 is 1.27 bits per heavy atom. The average Bonchev–Trinajstić information content (AvgIpc) is 2.65. The number of benzene rings is 2. The Hall–Kier alpha value is -2.86. The number of methoxy groups -OCH3 is 1. The minimum atomic E-state index is -0.0120. The maximum atomic E-state index is 11.6. The molecule has 0 radical (unpaired) electrons. The van der Waals surface area contributed by atoms with Gasteiger partial charge in [-0.2, -0.15) is 0 Å². The Balaban J connectivity index is 1.87. The molecule has 0 aromatic heterocycles. The third-order valence-corrected chi connectivity index (χ3v) is 4.22. The smallest absolute Gasteiger partial charge is 0.224 e. The number of carbonyl (C=O) groups excluding carboxylic acids is 1. The summed E-state index contributed by atoms with van der Waals surface area (Å²) in [6.07, 6.45) is 0.446. The Labute approximate surface area is 153 Å². The highest BCUT2D eigenvalue weighted by Crippen LogP contribution is 2.28. The van der Waals surface area contributed by atoms with Crippen LogP contribution in [0.25, 0.3) is 0 Å². The van der Waals surface area contributed by atoms with E-state index in [1.807, 2.05) is 61.2 Å². The lowest BCUT2D eigenvalue weighted by atomic mass is 10.1. The maximum absolute atomic E-state index is 11.6. The van der Waals surface area contributed by atoms with Gasteiger partial charge in [-0.15, -0.1) is 0 Å². The van der Waals surface area contributed by atoms with E-state index in [-0.39, 0.29) is 5.91 Å². The van der Waals surface area contributed by atoms with Crippen LogP contribution in [0.5, 0.6) is 5.75 Å². The highest BCUT2D eigenvalue weighted by atomic mass is 16.5. The number of hydrogen-bond donors (Lipinski definition) is 1. The van der Waals surface area contributed by atoms with Crippen molar-refractivity contribution in [3.63, 3.8) is 0 Å². The topological polar surface area (TPSA) is 63.2 Å². The zero-order chi connectivity index (χ0) is 18.5. The van der Waals surface area contributed by atoms with Gasteiger partial charge >= 0.3 is 0 Å². The van der Waals surface area contributed by atoms with Gasteiger partial charge in [0.1, 0.15) is 18.3 Å². The molecule has 136 valence electrons. The first kappa shape index (κ1) is 17.9. The molecule has 6 nitrogen and oxygen atoms in total. The van der Waals surface area contributed by atoms with Gasteiger partial charge in [0.05, 0.1) is 19.4 Å². The third kappa shape index (κ3) is 4.03. The molecule has 0 bridgehead atoms. The van der Waals surface area contributed by atoms with Crippen LogP contribution in [0.4, 0.5) is 17.1 Å². The number of aliphatic imine (C=N–C) groups is 1. The molecule has 1 aliphatic rings. The number of rotatable bonds is 4. The van der Waals surface area contributed by atoms with Crippen molar-refractivity contribution in [2.45, 2.75) is 26.9 Å². The largest absolute Gasteiger partial charge is 0.497 e. The van der Waals surface area contributed by atoms with E-state index in [1.165, 1.54) is 0 Å². The average molecular weight is 353 g/mol. The number of hydrogen-bond acceptors (Lipinski definition) is 5. The molecule has 0 aliphatic carbocycles. The number of anilines is 2. The van der Waals surface area contributed by atoms with Crippen LogP contribution in [0.15, 0.2) is 47.5 Å². The molecular weight excluding hydrogens is 330 g/mol. The fourth-order valence-corrected chi connectivity index (χ4v) is 2.74. The van der Waals surface area contributed by atoms with Crippen LogP contribution in [0, 0.1) is 0 Å². The summed E-state index contributed by atoms with van der Waals surface area (Å²) in [5.74, 6) is 1.63. The van der Waals surface area contributed by atoms with Gasteiger partial charge in [-0.05, 0) is 49.4 Å². The minimum absolute atomic E-state index is 0.0120. The third-order valence-electron chi connectivity index (χ3n) is 4.22. The van der Waals surface area contributed by atoms with Gasteiger partial charge in [-0.25, -0.2) is 4.99 Å². The van der Waals surface area contributed by atoms with Crippen molar-refractivity contribution in [1.82, 2.24) is 0 Å². The monoisotopic (exact) mass is 353 g/mol. The van der Waals surface area contributed by atoms with Crippen molar-refractivity contribution in [3.8, 4) is 5.75 Å². The van der Waals surface area contributed by atoms with Gasteiger partial charge in [-0.3, -0.25) is 4.79 Å². The molecule has 1 aliphatic heterocycles. The van der Waals surface area contributed by atoms with Gasteiger partial charge < -0.3 is 19.7 Å². The van der Waals surface area contributed by atoms with E-state index in [4.69, 9.17) is 14.5 Å². The first-order chi connectivity index (χ1) is 12.6. The van der Waals surface area contributed by atoms with Crippen molar-refractivity contribution in [3.05, 3.63) is 48.0 Å². The van der Waals surface area contributed by atoms with E-state index in [9.17, 15) is 4.79 Å². The fraction of sp³-hybridized carbons (Fsp3) is 0.300. The second-order valence-corrected chi connectivity index (χ2v) is 6.01. The fourth-order valence-electron chi connectivity index (χ4n) is 2.74. The number of nitrogens with zero attached hydrogens (tertiary/aromatic N) is 2. The molecule has 0 fully saturated rings. The molecule has 6 heteroatoms. The maximum Gasteiger partial charge on any atom is 0.224 e. The van der Waals surface area contributed by atoms with Gasteiger partial charge in [-0.1, -0.05) is 6.92 Å². The predicted octanol–water partition coefficient (Wildman–Crippen LogP) is 4.09. The quantitative estimate of drug-likeness (QED) is 0.899. The highest BCUT2D eigenvalue weighted by Gasteiger charge is 2.15. The van der Waals surface area contributed by atoms with Crippen molar-refractivity contribution in [2.75, 3.05) is 24.1 Å². The SMILES string of the molecule is CCC(=O)Nc1ccc2c(c1)COCN(c1ccc(OC)cc1)C(C)=N2. The Morgan fingerprint density at radius 2 is 2.04 bits per heavy atom. The number of nitrogens with one attached hydrogen (secondary N) is 1. The van der Waals surface area contributed by atoms with Crippen LogP contribution in [0.2, 0.25) is 0 Å². The molecule has 3 rings (SSSR count). The predicted molar refractivity (Wildman–Crippen MR) is 103 cm³/mol. The molecule has 26 heavy (non-hydrogen) atoms. The van der Waals surface area contributed by atoms with Crippen LogP contribution >= 0.6 is 0 Å². The molecule has 0 atom stereocenters. The molecule has 1 N–H and O–H groups in total. The molecule has 0 saturated carbocycles. The van der Waals surface area contributed by atoms with Crippen molar-refractivity contribution >= 4 is 28.8 Å². The zero-order valence-corrected chi connectivity index (χ0v) is 15.3. The van der Waals surface area contributed by atoms with E-state index in [2.05, 4.69) is 5.32 Å².